The van der Waals surface area contributed by atoms with E-state index in [-0.39, 0.29) is 12.5 Å². The number of carbonyl (C=O) groups excluding carboxylic acids is 1. The molecule has 1 amide bonds. The first-order valence-corrected chi connectivity index (χ1v) is 6.13. The van der Waals surface area contributed by atoms with Crippen LogP contribution in [0, 0.1) is 13.8 Å². The minimum atomic E-state index is -0.178. The first-order valence-electron chi connectivity index (χ1n) is 6.13. The molecule has 5 heteroatoms. The van der Waals surface area contributed by atoms with Gasteiger partial charge in [0.2, 0.25) is 0 Å². The number of hydrogen-bond donors (Lipinski definition) is 2. The number of amides is 1. The van der Waals surface area contributed by atoms with E-state index in [1.165, 1.54) is 0 Å². The number of benzene rings is 1. The average molecular weight is 259 g/mol. The first kappa shape index (κ1) is 13.3. The molecule has 2 rings (SSSR count). The smallest absolute Gasteiger partial charge is 0.256 e. The van der Waals surface area contributed by atoms with Crippen LogP contribution in [0.15, 0.2) is 30.3 Å². The van der Waals surface area contributed by atoms with Crippen molar-refractivity contribution in [2.75, 3.05) is 11.9 Å². The molecule has 0 atom stereocenters. The van der Waals surface area contributed by atoms with E-state index in [0.29, 0.717) is 17.9 Å². The van der Waals surface area contributed by atoms with Crippen LogP contribution in [-0.4, -0.2) is 27.4 Å². The van der Waals surface area contributed by atoms with Gasteiger partial charge in [0.1, 0.15) is 5.82 Å². The number of aromatic nitrogens is 2. The van der Waals surface area contributed by atoms with Gasteiger partial charge >= 0.3 is 0 Å². The minimum Gasteiger partial charge on any atom is -0.394 e. The van der Waals surface area contributed by atoms with E-state index in [4.69, 9.17) is 5.11 Å². The molecule has 2 N–H and O–H groups in total. The van der Waals surface area contributed by atoms with Crippen LogP contribution in [0.25, 0.3) is 0 Å². The fourth-order valence-electron chi connectivity index (χ4n) is 1.89. The summed E-state index contributed by atoms with van der Waals surface area (Å²) in [5.41, 5.74) is 2.44. The molecule has 0 aliphatic heterocycles. The number of nitrogens with one attached hydrogen (secondary N) is 1. The molecule has 100 valence electrons. The van der Waals surface area contributed by atoms with E-state index in [1.807, 2.05) is 32.0 Å². The standard InChI is InChI=1S/C14H17N3O2/c1-10-4-3-5-12(8-10)14(19)15-13-9-11(2)16-17(13)6-7-18/h3-5,8-9,18H,6-7H2,1-2H3,(H,15,19). The molecule has 0 radical (unpaired) electrons. The maximum absolute atomic E-state index is 12.1. The van der Waals surface area contributed by atoms with Crippen LogP contribution >= 0.6 is 0 Å². The second-order valence-corrected chi connectivity index (χ2v) is 4.44. The third kappa shape index (κ3) is 3.20. The molecule has 0 unspecified atom stereocenters. The van der Waals surface area contributed by atoms with Gasteiger partial charge in [0, 0.05) is 11.6 Å². The summed E-state index contributed by atoms with van der Waals surface area (Å²) in [6, 6.07) is 9.16. The summed E-state index contributed by atoms with van der Waals surface area (Å²) in [7, 11) is 0. The van der Waals surface area contributed by atoms with Crippen molar-refractivity contribution in [1.29, 1.82) is 0 Å². The van der Waals surface area contributed by atoms with Crippen molar-refractivity contribution in [3.05, 3.63) is 47.2 Å². The Kier molecular flexibility index (Phi) is 3.97. The van der Waals surface area contributed by atoms with Gasteiger partial charge in [-0.05, 0) is 26.0 Å². The second-order valence-electron chi connectivity index (χ2n) is 4.44. The number of anilines is 1. The normalized spacial score (nSPS) is 10.5. The highest BCUT2D eigenvalue weighted by Gasteiger charge is 2.10. The van der Waals surface area contributed by atoms with Gasteiger partial charge in [0.05, 0.1) is 18.8 Å². The van der Waals surface area contributed by atoms with E-state index in [9.17, 15) is 4.79 Å². The predicted octanol–water partition coefficient (Wildman–Crippen LogP) is 1.74. The van der Waals surface area contributed by atoms with Crippen LogP contribution in [0.3, 0.4) is 0 Å². The number of nitrogens with zero attached hydrogens (tertiary/aromatic N) is 2. The van der Waals surface area contributed by atoms with Crippen molar-refractivity contribution in [3.63, 3.8) is 0 Å². The molecule has 0 fully saturated rings. The molecule has 1 aromatic carbocycles. The van der Waals surface area contributed by atoms with Crippen LogP contribution in [0.2, 0.25) is 0 Å². The van der Waals surface area contributed by atoms with Gasteiger partial charge in [0.15, 0.2) is 0 Å². The number of rotatable bonds is 4. The monoisotopic (exact) mass is 259 g/mol. The Morgan fingerprint density at radius 1 is 1.37 bits per heavy atom. The first-order chi connectivity index (χ1) is 9.10. The maximum atomic E-state index is 12.1. The molecular weight excluding hydrogens is 242 g/mol. The highest BCUT2D eigenvalue weighted by atomic mass is 16.3. The van der Waals surface area contributed by atoms with E-state index in [2.05, 4.69) is 10.4 Å². The summed E-state index contributed by atoms with van der Waals surface area (Å²) in [5.74, 6) is 0.417. The Morgan fingerprint density at radius 3 is 2.84 bits per heavy atom. The Labute approximate surface area is 111 Å². The van der Waals surface area contributed by atoms with Gasteiger partial charge in [-0.15, -0.1) is 0 Å². The lowest BCUT2D eigenvalue weighted by molar-refractivity contribution is 0.102. The highest BCUT2D eigenvalue weighted by molar-refractivity contribution is 6.03. The zero-order chi connectivity index (χ0) is 13.8. The van der Waals surface area contributed by atoms with Gasteiger partial charge in [-0.1, -0.05) is 17.7 Å². The van der Waals surface area contributed by atoms with Crippen molar-refractivity contribution in [2.45, 2.75) is 20.4 Å². The lowest BCUT2D eigenvalue weighted by Gasteiger charge is -2.08. The van der Waals surface area contributed by atoms with Crippen LogP contribution in [0.5, 0.6) is 0 Å². The molecular formula is C14H17N3O2. The van der Waals surface area contributed by atoms with Crippen molar-refractivity contribution in [2.24, 2.45) is 0 Å². The molecule has 0 aliphatic carbocycles. The van der Waals surface area contributed by atoms with E-state index >= 15 is 0 Å². The molecule has 1 aromatic heterocycles. The van der Waals surface area contributed by atoms with Crippen LogP contribution in [0.1, 0.15) is 21.6 Å². The van der Waals surface area contributed by atoms with Gasteiger partial charge in [-0.3, -0.25) is 4.79 Å². The summed E-state index contributed by atoms with van der Waals surface area (Å²) in [4.78, 5) is 12.1. The molecule has 19 heavy (non-hydrogen) atoms. The second kappa shape index (κ2) is 5.67. The summed E-state index contributed by atoms with van der Waals surface area (Å²) in [5, 5.41) is 16.0. The summed E-state index contributed by atoms with van der Waals surface area (Å²) < 4.78 is 1.59. The number of aliphatic hydroxyl groups excluding tert-OH is 1. The van der Waals surface area contributed by atoms with Crippen molar-refractivity contribution in [3.8, 4) is 0 Å². The number of carbonyl (C=O) groups is 1. The fourth-order valence-corrected chi connectivity index (χ4v) is 1.89. The van der Waals surface area contributed by atoms with Crippen LogP contribution in [-0.2, 0) is 6.54 Å². The predicted molar refractivity (Wildman–Crippen MR) is 73.2 cm³/mol. The minimum absolute atomic E-state index is 0.0194. The number of aliphatic hydroxyl groups is 1. The highest BCUT2D eigenvalue weighted by Crippen LogP contribution is 2.12. The van der Waals surface area contributed by atoms with Crippen molar-refractivity contribution in [1.82, 2.24) is 9.78 Å². The maximum Gasteiger partial charge on any atom is 0.256 e. The lowest BCUT2D eigenvalue weighted by Crippen LogP contribution is -2.16. The van der Waals surface area contributed by atoms with Crippen LogP contribution < -0.4 is 5.32 Å². The zero-order valence-electron chi connectivity index (χ0n) is 11.1. The molecule has 2 aromatic rings. The van der Waals surface area contributed by atoms with Gasteiger partial charge in [-0.2, -0.15) is 5.10 Å². The Morgan fingerprint density at radius 2 is 2.16 bits per heavy atom. The van der Waals surface area contributed by atoms with E-state index < -0.39 is 0 Å². The third-order valence-electron chi connectivity index (χ3n) is 2.74. The van der Waals surface area contributed by atoms with Gasteiger partial charge in [-0.25, -0.2) is 4.68 Å². The molecule has 1 heterocycles. The molecule has 0 bridgehead atoms. The van der Waals surface area contributed by atoms with E-state index in [1.54, 1.807) is 16.8 Å². The molecule has 5 nitrogen and oxygen atoms in total. The SMILES string of the molecule is Cc1cccc(C(=O)Nc2cc(C)nn2CCO)c1. The van der Waals surface area contributed by atoms with Crippen LogP contribution in [0.4, 0.5) is 5.82 Å². The summed E-state index contributed by atoms with van der Waals surface area (Å²) in [6.45, 7) is 4.12. The number of hydrogen-bond acceptors (Lipinski definition) is 3. The average Bonchev–Trinajstić information content (AvgIpc) is 2.70. The largest absolute Gasteiger partial charge is 0.394 e. The lowest BCUT2D eigenvalue weighted by atomic mass is 10.1. The van der Waals surface area contributed by atoms with Crippen molar-refractivity contribution < 1.29 is 9.90 Å². The topological polar surface area (TPSA) is 67.2 Å². The summed E-state index contributed by atoms with van der Waals surface area (Å²) >= 11 is 0. The molecule has 0 spiro atoms. The Bertz CT molecular complexity index is 590. The number of aryl methyl sites for hydroxylation is 2. The Balaban J connectivity index is 2.19. The van der Waals surface area contributed by atoms with Gasteiger partial charge in [0.25, 0.3) is 5.91 Å². The molecule has 0 aliphatic rings. The fraction of sp³-hybridized carbons (Fsp3) is 0.286. The third-order valence-corrected chi connectivity index (χ3v) is 2.74. The van der Waals surface area contributed by atoms with Crippen molar-refractivity contribution >= 4 is 11.7 Å². The quantitative estimate of drug-likeness (QED) is 0.879. The molecule has 0 saturated carbocycles. The zero-order valence-corrected chi connectivity index (χ0v) is 11.1. The molecule has 0 saturated heterocycles. The Hall–Kier alpha value is -2.14. The van der Waals surface area contributed by atoms with Gasteiger partial charge < -0.3 is 10.4 Å². The van der Waals surface area contributed by atoms with E-state index in [0.717, 1.165) is 11.3 Å². The summed E-state index contributed by atoms with van der Waals surface area (Å²) in [6.07, 6.45) is 0.